The number of benzene rings is 2. The van der Waals surface area contributed by atoms with Crippen LogP contribution in [0.5, 0.6) is 5.88 Å². The number of likely N-dealkylation sites (tertiary alicyclic amines) is 1. The number of pyridine rings is 1. The first-order valence-electron chi connectivity index (χ1n) is 14.9. The van der Waals surface area contributed by atoms with Crippen LogP contribution in [0.2, 0.25) is 0 Å². The fraction of sp³-hybridized carbons (Fsp3) is 0.455. The molecule has 0 saturated carbocycles. The molecule has 1 aromatic heterocycles. The number of nitrogens with two attached hydrogens (primary N) is 1. The van der Waals surface area contributed by atoms with Gasteiger partial charge in [0.25, 0.3) is 5.91 Å². The number of anilines is 1. The Bertz CT molecular complexity index is 1520. The number of methoxy groups -OCH3 is 1. The Balaban J connectivity index is 1.64. The number of likely N-dealkylation sites (N-methyl/N-ethyl adjacent to an activating group) is 1. The predicted octanol–water partition coefficient (Wildman–Crippen LogP) is 5.91. The van der Waals surface area contributed by atoms with Gasteiger partial charge in [0.1, 0.15) is 5.82 Å². The van der Waals surface area contributed by atoms with Gasteiger partial charge in [-0.1, -0.05) is 26.0 Å². The third-order valence-corrected chi connectivity index (χ3v) is 8.85. The van der Waals surface area contributed by atoms with Crippen LogP contribution in [0.1, 0.15) is 41.8 Å². The molecule has 2 fully saturated rings. The van der Waals surface area contributed by atoms with Crippen LogP contribution in [-0.4, -0.2) is 74.1 Å². The molecule has 0 aliphatic carbocycles. The number of ether oxygens (including phenoxy) is 1. The second-order valence-corrected chi connectivity index (χ2v) is 12.2. The molecule has 2 aliphatic rings. The van der Waals surface area contributed by atoms with Crippen molar-refractivity contribution in [3.8, 4) is 28.3 Å². The molecule has 1 atom stereocenters. The summed E-state index contributed by atoms with van der Waals surface area (Å²) in [6.07, 6.45) is -3.77. The van der Waals surface area contributed by atoms with Crippen molar-refractivity contribution in [1.82, 2.24) is 14.8 Å². The van der Waals surface area contributed by atoms with E-state index in [-0.39, 0.29) is 17.1 Å². The Labute approximate surface area is 255 Å². The molecule has 5 rings (SSSR count). The number of halogens is 4. The zero-order valence-electron chi connectivity index (χ0n) is 25.5. The minimum atomic E-state index is -4.90. The monoisotopic (exact) mass is 613 g/mol. The van der Waals surface area contributed by atoms with Crippen molar-refractivity contribution >= 4 is 11.6 Å². The molecule has 3 aromatic rings. The molecule has 3 heterocycles. The Morgan fingerprint density at radius 2 is 1.77 bits per heavy atom. The van der Waals surface area contributed by atoms with Gasteiger partial charge in [0.2, 0.25) is 5.88 Å². The zero-order chi connectivity index (χ0) is 31.8. The average molecular weight is 614 g/mol. The van der Waals surface area contributed by atoms with Crippen LogP contribution in [0.3, 0.4) is 0 Å². The number of carbonyl (C=O) groups is 1. The van der Waals surface area contributed by atoms with Crippen LogP contribution in [0, 0.1) is 17.7 Å². The highest BCUT2D eigenvalue weighted by Gasteiger charge is 2.38. The molecule has 7 nitrogen and oxygen atoms in total. The summed E-state index contributed by atoms with van der Waals surface area (Å²) in [5.74, 6) is -0.829. The SMILES string of the molecule is COc1cc(C(F)(F)F)c(C(N)=O)c(-c2cc(-c3cc(CN4CCC(C(C)C)C4)ccc3F)ccc2N2CCN(C)CC2)n1. The van der Waals surface area contributed by atoms with Crippen LogP contribution >= 0.6 is 0 Å². The Kier molecular flexibility index (Phi) is 9.17. The van der Waals surface area contributed by atoms with Crippen molar-refractivity contribution in [2.75, 3.05) is 58.3 Å². The largest absolute Gasteiger partial charge is 0.481 e. The minimum absolute atomic E-state index is 0.245. The standard InChI is InChI=1S/C33H39F4N5O2/c1-20(2)23-9-10-41(19-23)18-21-5-7-27(34)24(15-21)22-6-8-28(42-13-11-40(3)12-14-42)25(16-22)31-30(32(38)43)26(33(35,36)37)17-29(39-31)44-4/h5-8,15-17,20,23H,9-14,18-19H2,1-4H3,(H2,38,43). The smallest absolute Gasteiger partial charge is 0.417 e. The van der Waals surface area contributed by atoms with Gasteiger partial charge >= 0.3 is 6.18 Å². The van der Waals surface area contributed by atoms with Crippen molar-refractivity contribution in [3.63, 3.8) is 0 Å². The summed E-state index contributed by atoms with van der Waals surface area (Å²) in [4.78, 5) is 23.5. The first-order valence-corrected chi connectivity index (χ1v) is 14.9. The lowest BCUT2D eigenvalue weighted by molar-refractivity contribution is -0.138. The number of aromatic nitrogens is 1. The Hall–Kier alpha value is -3.70. The van der Waals surface area contributed by atoms with Crippen molar-refractivity contribution < 1.29 is 27.1 Å². The molecule has 2 aromatic carbocycles. The molecule has 2 N–H and O–H groups in total. The topological polar surface area (TPSA) is 74.9 Å². The molecule has 1 amide bonds. The number of piperazine rings is 1. The van der Waals surface area contributed by atoms with E-state index in [1.54, 1.807) is 30.3 Å². The molecule has 0 radical (unpaired) electrons. The van der Waals surface area contributed by atoms with Crippen LogP contribution < -0.4 is 15.4 Å². The number of primary amides is 1. The van der Waals surface area contributed by atoms with Gasteiger partial charge in [0, 0.05) is 62.1 Å². The lowest BCUT2D eigenvalue weighted by Crippen LogP contribution is -2.44. The third kappa shape index (κ3) is 6.68. The highest BCUT2D eigenvalue weighted by Crippen LogP contribution is 2.42. The number of hydrogen-bond acceptors (Lipinski definition) is 6. The van der Waals surface area contributed by atoms with Crippen LogP contribution in [-0.2, 0) is 12.7 Å². The van der Waals surface area contributed by atoms with Crippen LogP contribution in [0.15, 0.2) is 42.5 Å². The maximum Gasteiger partial charge on any atom is 0.417 e. The van der Waals surface area contributed by atoms with Gasteiger partial charge in [-0.2, -0.15) is 13.2 Å². The van der Waals surface area contributed by atoms with E-state index in [0.29, 0.717) is 54.4 Å². The number of hydrogen-bond donors (Lipinski definition) is 1. The van der Waals surface area contributed by atoms with Crippen molar-refractivity contribution in [2.24, 2.45) is 17.6 Å². The molecule has 0 bridgehead atoms. The molecule has 44 heavy (non-hydrogen) atoms. The quantitative estimate of drug-likeness (QED) is 0.319. The summed E-state index contributed by atoms with van der Waals surface area (Å²) in [7, 11) is 3.20. The molecule has 11 heteroatoms. The summed E-state index contributed by atoms with van der Waals surface area (Å²) < 4.78 is 63.3. The van der Waals surface area contributed by atoms with E-state index >= 15 is 4.39 Å². The molecule has 0 spiro atoms. The maximum absolute atomic E-state index is 15.4. The summed E-state index contributed by atoms with van der Waals surface area (Å²) in [6.45, 7) is 9.73. The number of amides is 1. The number of nitrogens with zero attached hydrogens (tertiary/aromatic N) is 4. The lowest BCUT2D eigenvalue weighted by atomic mass is 9.93. The van der Waals surface area contributed by atoms with E-state index in [1.807, 2.05) is 11.9 Å². The maximum atomic E-state index is 15.4. The van der Waals surface area contributed by atoms with E-state index in [0.717, 1.165) is 38.2 Å². The fourth-order valence-electron chi connectivity index (χ4n) is 6.21. The Morgan fingerprint density at radius 3 is 2.39 bits per heavy atom. The van der Waals surface area contributed by atoms with E-state index in [4.69, 9.17) is 10.5 Å². The molecular weight excluding hydrogens is 574 g/mol. The lowest BCUT2D eigenvalue weighted by Gasteiger charge is -2.35. The predicted molar refractivity (Wildman–Crippen MR) is 163 cm³/mol. The normalized spacial score (nSPS) is 18.3. The number of alkyl halides is 3. The van der Waals surface area contributed by atoms with E-state index in [2.05, 4.69) is 28.6 Å². The third-order valence-electron chi connectivity index (χ3n) is 8.85. The molecule has 2 aliphatic heterocycles. The van der Waals surface area contributed by atoms with Crippen molar-refractivity contribution in [2.45, 2.75) is 33.0 Å². The van der Waals surface area contributed by atoms with Gasteiger partial charge in [-0.3, -0.25) is 9.69 Å². The Morgan fingerprint density at radius 1 is 1.05 bits per heavy atom. The molecular formula is C33H39F4N5O2. The average Bonchev–Trinajstić information content (AvgIpc) is 3.46. The first-order chi connectivity index (χ1) is 20.8. The van der Waals surface area contributed by atoms with Gasteiger partial charge in [0.05, 0.1) is 23.9 Å². The summed E-state index contributed by atoms with van der Waals surface area (Å²) in [5, 5.41) is 0. The van der Waals surface area contributed by atoms with Gasteiger partial charge in [-0.15, -0.1) is 0 Å². The van der Waals surface area contributed by atoms with Crippen molar-refractivity contribution in [1.29, 1.82) is 0 Å². The summed E-state index contributed by atoms with van der Waals surface area (Å²) >= 11 is 0. The molecule has 1 unspecified atom stereocenters. The number of carbonyl (C=O) groups excluding carboxylic acids is 1. The van der Waals surface area contributed by atoms with Gasteiger partial charge in [0.15, 0.2) is 0 Å². The van der Waals surface area contributed by atoms with Crippen LogP contribution in [0.25, 0.3) is 22.4 Å². The molecule has 236 valence electrons. The van der Waals surface area contributed by atoms with Gasteiger partial charge in [-0.25, -0.2) is 9.37 Å². The van der Waals surface area contributed by atoms with E-state index in [1.165, 1.54) is 13.2 Å². The molecule has 2 saturated heterocycles. The first kappa shape index (κ1) is 31.7. The summed E-state index contributed by atoms with van der Waals surface area (Å²) in [5.41, 5.74) is 5.86. The van der Waals surface area contributed by atoms with Gasteiger partial charge < -0.3 is 20.3 Å². The minimum Gasteiger partial charge on any atom is -0.481 e. The number of rotatable bonds is 8. The van der Waals surface area contributed by atoms with Gasteiger partial charge in [-0.05, 0) is 67.2 Å². The van der Waals surface area contributed by atoms with Crippen LogP contribution in [0.4, 0.5) is 23.2 Å². The summed E-state index contributed by atoms with van der Waals surface area (Å²) in [6, 6.07) is 10.8. The van der Waals surface area contributed by atoms with E-state index in [9.17, 15) is 18.0 Å². The second kappa shape index (κ2) is 12.7. The second-order valence-electron chi connectivity index (χ2n) is 12.2. The zero-order valence-corrected chi connectivity index (χ0v) is 25.5. The fourth-order valence-corrected chi connectivity index (χ4v) is 6.21. The highest BCUT2D eigenvalue weighted by atomic mass is 19.4. The highest BCUT2D eigenvalue weighted by molar-refractivity contribution is 6.02. The van der Waals surface area contributed by atoms with E-state index < -0.39 is 29.0 Å². The van der Waals surface area contributed by atoms with Crippen molar-refractivity contribution in [3.05, 3.63) is 65.0 Å².